The van der Waals surface area contributed by atoms with Crippen molar-refractivity contribution in [3.05, 3.63) is 72.9 Å². The van der Waals surface area contributed by atoms with Crippen molar-refractivity contribution in [3.8, 4) is 0 Å². The van der Waals surface area contributed by atoms with Gasteiger partial charge in [-0.3, -0.25) is 14.4 Å². The quantitative estimate of drug-likeness (QED) is 0.0200. The second kappa shape index (κ2) is 47.5. The van der Waals surface area contributed by atoms with Crippen molar-refractivity contribution in [2.45, 2.75) is 232 Å². The van der Waals surface area contributed by atoms with Crippen molar-refractivity contribution >= 4 is 17.9 Å². The highest BCUT2D eigenvalue weighted by Gasteiger charge is 2.19. The summed E-state index contributed by atoms with van der Waals surface area (Å²) >= 11 is 0. The van der Waals surface area contributed by atoms with Gasteiger partial charge in [0.1, 0.15) is 13.2 Å². The minimum Gasteiger partial charge on any atom is -0.462 e. The monoisotopic (exact) mass is 823 g/mol. The molecule has 0 saturated carbocycles. The highest BCUT2D eigenvalue weighted by Crippen LogP contribution is 2.14. The second-order valence-electron chi connectivity index (χ2n) is 16.0. The van der Waals surface area contributed by atoms with Gasteiger partial charge in [0.05, 0.1) is 0 Å². The average molecular weight is 823 g/mol. The number of hydrogen-bond acceptors (Lipinski definition) is 6. The Kier molecular flexibility index (Phi) is 45.0. The van der Waals surface area contributed by atoms with Gasteiger partial charge in [-0.1, -0.05) is 203 Å². The first-order valence-electron chi connectivity index (χ1n) is 24.5. The molecule has 0 aromatic carbocycles. The van der Waals surface area contributed by atoms with Gasteiger partial charge in [0.25, 0.3) is 0 Å². The maximum atomic E-state index is 12.7. The summed E-state index contributed by atoms with van der Waals surface area (Å²) < 4.78 is 16.7. The molecule has 6 heteroatoms. The van der Waals surface area contributed by atoms with E-state index in [1.54, 1.807) is 0 Å². The molecule has 0 aliphatic carbocycles. The van der Waals surface area contributed by atoms with Gasteiger partial charge in [0, 0.05) is 19.3 Å². The molecule has 0 saturated heterocycles. The molecule has 338 valence electrons. The molecular weight excluding hydrogens is 733 g/mol. The number of unbranched alkanes of at least 4 members (excludes halogenated alkanes) is 21. The highest BCUT2D eigenvalue weighted by atomic mass is 16.6. The number of hydrogen-bond donors (Lipinski definition) is 0. The van der Waals surface area contributed by atoms with Crippen molar-refractivity contribution in [2.75, 3.05) is 13.2 Å². The molecule has 0 aliphatic rings. The van der Waals surface area contributed by atoms with E-state index >= 15 is 0 Å². The zero-order valence-electron chi connectivity index (χ0n) is 38.5. The third-order valence-electron chi connectivity index (χ3n) is 10.2. The number of ether oxygens (including phenoxy) is 3. The minimum atomic E-state index is -0.804. The van der Waals surface area contributed by atoms with Gasteiger partial charge in [0.15, 0.2) is 6.10 Å². The Morgan fingerprint density at radius 1 is 0.356 bits per heavy atom. The molecule has 0 radical (unpaired) electrons. The number of carbonyl (C=O) groups is 3. The molecule has 0 N–H and O–H groups in total. The molecule has 6 nitrogen and oxygen atoms in total. The van der Waals surface area contributed by atoms with Crippen LogP contribution in [0.2, 0.25) is 0 Å². The normalized spacial score (nSPS) is 12.7. The lowest BCUT2D eigenvalue weighted by Crippen LogP contribution is -2.30. The van der Waals surface area contributed by atoms with E-state index in [1.165, 1.54) is 103 Å². The summed E-state index contributed by atoms with van der Waals surface area (Å²) in [5.74, 6) is -0.989. The lowest BCUT2D eigenvalue weighted by molar-refractivity contribution is -0.167. The topological polar surface area (TPSA) is 78.9 Å². The lowest BCUT2D eigenvalue weighted by Gasteiger charge is -2.18. The molecule has 0 aliphatic heterocycles. The Morgan fingerprint density at radius 2 is 0.695 bits per heavy atom. The molecule has 0 amide bonds. The van der Waals surface area contributed by atoms with Crippen LogP contribution >= 0.6 is 0 Å². The number of esters is 3. The lowest BCUT2D eigenvalue weighted by atomic mass is 10.0. The molecule has 0 heterocycles. The number of rotatable bonds is 43. The standard InChI is InChI=1S/C53H90O6/c1-4-7-10-13-16-19-22-24-25-26-27-29-31-34-37-40-43-46-52(55)58-49-50(48-57-51(54)45-42-39-36-33-30-21-18-15-12-9-6-3)59-53(56)47-44-41-38-35-32-28-23-20-17-14-11-8-5-2/h15-16,18-19,21,24-25,27,29-30,34,37,50H,4-14,17,20,22-23,26,28,31-33,35-36,38-49H2,1-3H3/b18-15-,19-16-,25-24-,29-27-,30-21-,37-34-. The summed E-state index contributed by atoms with van der Waals surface area (Å²) in [6.45, 7) is 6.47. The molecule has 1 unspecified atom stereocenters. The number of carbonyl (C=O) groups excluding carboxylic acids is 3. The van der Waals surface area contributed by atoms with Crippen LogP contribution < -0.4 is 0 Å². The summed E-state index contributed by atoms with van der Waals surface area (Å²) in [6, 6.07) is 0. The maximum Gasteiger partial charge on any atom is 0.306 e. The Balaban J connectivity index is 4.48. The van der Waals surface area contributed by atoms with E-state index in [-0.39, 0.29) is 37.5 Å². The summed E-state index contributed by atoms with van der Waals surface area (Å²) in [5, 5.41) is 0. The van der Waals surface area contributed by atoms with Crippen LogP contribution in [0, 0.1) is 0 Å². The third kappa shape index (κ3) is 45.8. The van der Waals surface area contributed by atoms with Crippen molar-refractivity contribution in [1.82, 2.24) is 0 Å². The first-order valence-corrected chi connectivity index (χ1v) is 24.5. The first-order chi connectivity index (χ1) is 29.0. The van der Waals surface area contributed by atoms with E-state index in [0.717, 1.165) is 77.0 Å². The summed E-state index contributed by atoms with van der Waals surface area (Å²) in [7, 11) is 0. The molecule has 0 aromatic heterocycles. The van der Waals surface area contributed by atoms with E-state index in [0.29, 0.717) is 19.3 Å². The molecular formula is C53H90O6. The van der Waals surface area contributed by atoms with Gasteiger partial charge < -0.3 is 14.2 Å². The minimum absolute atomic E-state index is 0.105. The van der Waals surface area contributed by atoms with Gasteiger partial charge >= 0.3 is 17.9 Å². The van der Waals surface area contributed by atoms with E-state index in [1.807, 2.05) is 0 Å². The van der Waals surface area contributed by atoms with Gasteiger partial charge in [0.2, 0.25) is 0 Å². The van der Waals surface area contributed by atoms with Crippen LogP contribution in [-0.2, 0) is 28.6 Å². The van der Waals surface area contributed by atoms with Gasteiger partial charge in [-0.25, -0.2) is 0 Å². The highest BCUT2D eigenvalue weighted by molar-refractivity contribution is 5.71. The van der Waals surface area contributed by atoms with Crippen LogP contribution in [-0.4, -0.2) is 37.2 Å². The van der Waals surface area contributed by atoms with E-state index in [2.05, 4.69) is 93.7 Å². The molecule has 0 spiro atoms. The number of allylic oxidation sites excluding steroid dienone is 12. The SMILES string of the molecule is CCCC/C=C\C=C/CCCCCC(=O)OCC(COC(=O)CCC/C=C\C/C=C\C/C=C\C/C=C\CCCCC)OC(=O)CCCCCCCCCCCCCCC. The Hall–Kier alpha value is -3.15. The van der Waals surface area contributed by atoms with Crippen molar-refractivity contribution in [3.63, 3.8) is 0 Å². The second-order valence-corrected chi connectivity index (χ2v) is 16.0. The maximum absolute atomic E-state index is 12.7. The zero-order valence-corrected chi connectivity index (χ0v) is 38.5. The van der Waals surface area contributed by atoms with Crippen molar-refractivity contribution in [2.24, 2.45) is 0 Å². The molecule has 1 atom stereocenters. The molecule has 0 rings (SSSR count). The summed E-state index contributed by atoms with van der Waals surface area (Å²) in [6.07, 6.45) is 58.9. The predicted molar refractivity (Wildman–Crippen MR) is 251 cm³/mol. The molecule has 0 fully saturated rings. The van der Waals surface area contributed by atoms with Gasteiger partial charge in [-0.05, 0) is 77.0 Å². The van der Waals surface area contributed by atoms with Crippen molar-refractivity contribution in [1.29, 1.82) is 0 Å². The Bertz CT molecular complexity index is 1130. The van der Waals surface area contributed by atoms with Gasteiger partial charge in [-0.2, -0.15) is 0 Å². The zero-order chi connectivity index (χ0) is 43.0. The van der Waals surface area contributed by atoms with Crippen LogP contribution in [0.4, 0.5) is 0 Å². The molecule has 0 aromatic rings. The van der Waals surface area contributed by atoms with Crippen LogP contribution in [0.1, 0.15) is 226 Å². The first kappa shape index (κ1) is 55.9. The van der Waals surface area contributed by atoms with Crippen LogP contribution in [0.15, 0.2) is 72.9 Å². The fraction of sp³-hybridized carbons (Fsp3) is 0.717. The van der Waals surface area contributed by atoms with E-state index in [4.69, 9.17) is 14.2 Å². The Morgan fingerprint density at radius 3 is 1.20 bits per heavy atom. The summed E-state index contributed by atoms with van der Waals surface area (Å²) in [4.78, 5) is 37.8. The van der Waals surface area contributed by atoms with Gasteiger partial charge in [-0.15, -0.1) is 0 Å². The Labute approximate surface area is 363 Å². The van der Waals surface area contributed by atoms with E-state index in [9.17, 15) is 14.4 Å². The van der Waals surface area contributed by atoms with E-state index < -0.39 is 6.10 Å². The fourth-order valence-electron chi connectivity index (χ4n) is 6.47. The third-order valence-corrected chi connectivity index (χ3v) is 10.2. The fourth-order valence-corrected chi connectivity index (χ4v) is 6.47. The van der Waals surface area contributed by atoms with Crippen molar-refractivity contribution < 1.29 is 28.6 Å². The molecule has 59 heavy (non-hydrogen) atoms. The predicted octanol–water partition coefficient (Wildman–Crippen LogP) is 15.9. The van der Waals surface area contributed by atoms with Crippen LogP contribution in [0.5, 0.6) is 0 Å². The van der Waals surface area contributed by atoms with Crippen LogP contribution in [0.25, 0.3) is 0 Å². The largest absolute Gasteiger partial charge is 0.462 e. The molecule has 0 bridgehead atoms. The average Bonchev–Trinajstić information content (AvgIpc) is 3.23. The smallest absolute Gasteiger partial charge is 0.306 e. The summed E-state index contributed by atoms with van der Waals surface area (Å²) in [5.41, 5.74) is 0. The van der Waals surface area contributed by atoms with Crippen LogP contribution in [0.3, 0.4) is 0 Å².